The second kappa shape index (κ2) is 4.30. The van der Waals surface area contributed by atoms with Crippen LogP contribution in [0.3, 0.4) is 0 Å². The maximum atomic E-state index is 9.76. The van der Waals surface area contributed by atoms with Gasteiger partial charge in [0.2, 0.25) is 0 Å². The molecule has 1 aromatic carbocycles. The van der Waals surface area contributed by atoms with Crippen molar-refractivity contribution in [2.75, 3.05) is 0 Å². The second-order valence-corrected chi connectivity index (χ2v) is 4.52. The Balaban J connectivity index is 2.74. The highest BCUT2D eigenvalue weighted by atomic mass is 35.5. The van der Waals surface area contributed by atoms with Crippen LogP contribution in [0, 0.1) is 0 Å². The van der Waals surface area contributed by atoms with E-state index in [2.05, 4.69) is 0 Å². The van der Waals surface area contributed by atoms with Gasteiger partial charge in [-0.3, -0.25) is 0 Å². The number of benzene rings is 1. The summed E-state index contributed by atoms with van der Waals surface area (Å²) in [6.07, 6.45) is -0.374. The molecule has 0 saturated heterocycles. The van der Waals surface area contributed by atoms with Gasteiger partial charge in [-0.15, -0.1) is 0 Å². The van der Waals surface area contributed by atoms with Crippen LogP contribution in [0.1, 0.15) is 31.9 Å². The number of aliphatic hydroxyl groups excluding tert-OH is 1. The molecule has 78 valence electrons. The van der Waals surface area contributed by atoms with Gasteiger partial charge in [-0.25, -0.2) is 0 Å². The van der Waals surface area contributed by atoms with Crippen molar-refractivity contribution < 1.29 is 10.2 Å². The fraction of sp³-hybridized carbons (Fsp3) is 0.455. The summed E-state index contributed by atoms with van der Waals surface area (Å²) >= 11 is 5.79. The van der Waals surface area contributed by atoms with Crippen molar-refractivity contribution in [1.82, 2.24) is 0 Å². The largest absolute Gasteiger partial charge is 0.390 e. The van der Waals surface area contributed by atoms with Crippen LogP contribution >= 0.6 is 11.6 Å². The van der Waals surface area contributed by atoms with Gasteiger partial charge in [0.25, 0.3) is 0 Å². The van der Waals surface area contributed by atoms with Gasteiger partial charge in [0.15, 0.2) is 0 Å². The number of aliphatic hydroxyl groups is 2. The first-order chi connectivity index (χ1) is 6.38. The van der Waals surface area contributed by atoms with E-state index < -0.39 is 11.7 Å². The molecule has 2 N–H and O–H groups in total. The standard InChI is InChI=1S/C11H15ClO2/c1-11(2,14)7-10(13)8-4-3-5-9(12)6-8/h3-6,10,13-14H,7H2,1-2H3. The Morgan fingerprint density at radius 1 is 1.43 bits per heavy atom. The van der Waals surface area contributed by atoms with E-state index in [1.807, 2.05) is 0 Å². The molecule has 3 heteroatoms. The molecule has 1 aromatic rings. The lowest BCUT2D eigenvalue weighted by molar-refractivity contribution is 0.0179. The maximum absolute atomic E-state index is 9.76. The van der Waals surface area contributed by atoms with Crippen LogP contribution in [-0.4, -0.2) is 15.8 Å². The monoisotopic (exact) mass is 214 g/mol. The number of halogens is 1. The molecule has 0 spiro atoms. The molecule has 2 nitrogen and oxygen atoms in total. The van der Waals surface area contributed by atoms with Gasteiger partial charge < -0.3 is 10.2 Å². The van der Waals surface area contributed by atoms with E-state index in [0.29, 0.717) is 11.4 Å². The fourth-order valence-corrected chi connectivity index (χ4v) is 1.50. The lowest BCUT2D eigenvalue weighted by Gasteiger charge is -2.21. The van der Waals surface area contributed by atoms with Crippen molar-refractivity contribution in [2.45, 2.75) is 32.0 Å². The topological polar surface area (TPSA) is 40.5 Å². The lowest BCUT2D eigenvalue weighted by atomic mass is 9.96. The molecular weight excluding hydrogens is 200 g/mol. The Kier molecular flexibility index (Phi) is 3.53. The Bertz CT molecular complexity index is 304. The zero-order chi connectivity index (χ0) is 10.8. The van der Waals surface area contributed by atoms with Crippen LogP contribution in [0.15, 0.2) is 24.3 Å². The first-order valence-corrected chi connectivity index (χ1v) is 4.92. The molecule has 0 fully saturated rings. The molecule has 0 bridgehead atoms. The lowest BCUT2D eigenvalue weighted by Crippen LogP contribution is -2.22. The minimum atomic E-state index is -0.873. The normalized spacial score (nSPS) is 14.1. The summed E-state index contributed by atoms with van der Waals surface area (Å²) in [7, 11) is 0. The second-order valence-electron chi connectivity index (χ2n) is 4.09. The molecule has 1 unspecified atom stereocenters. The van der Waals surface area contributed by atoms with E-state index in [0.717, 1.165) is 5.56 Å². The number of rotatable bonds is 3. The molecule has 0 saturated carbocycles. The maximum Gasteiger partial charge on any atom is 0.0817 e. The van der Waals surface area contributed by atoms with Gasteiger partial charge >= 0.3 is 0 Å². The van der Waals surface area contributed by atoms with Crippen molar-refractivity contribution in [3.63, 3.8) is 0 Å². The van der Waals surface area contributed by atoms with Crippen LogP contribution in [0.25, 0.3) is 0 Å². The molecule has 0 radical (unpaired) electrons. The van der Waals surface area contributed by atoms with Crippen molar-refractivity contribution in [3.8, 4) is 0 Å². The molecule has 1 atom stereocenters. The Labute approximate surface area is 89.1 Å². The number of hydrogen-bond acceptors (Lipinski definition) is 2. The summed E-state index contributed by atoms with van der Waals surface area (Å²) in [5, 5.41) is 19.9. The SMILES string of the molecule is CC(C)(O)CC(O)c1cccc(Cl)c1. The summed E-state index contributed by atoms with van der Waals surface area (Å²) in [5.74, 6) is 0. The Morgan fingerprint density at radius 3 is 2.57 bits per heavy atom. The molecular formula is C11H15ClO2. The van der Waals surface area contributed by atoms with Crippen LogP contribution in [-0.2, 0) is 0 Å². The van der Waals surface area contributed by atoms with E-state index in [1.165, 1.54) is 0 Å². The van der Waals surface area contributed by atoms with E-state index in [1.54, 1.807) is 38.1 Å². The van der Waals surface area contributed by atoms with E-state index in [9.17, 15) is 10.2 Å². The molecule has 0 aliphatic carbocycles. The van der Waals surface area contributed by atoms with Crippen LogP contribution in [0.5, 0.6) is 0 Å². The highest BCUT2D eigenvalue weighted by Gasteiger charge is 2.19. The van der Waals surface area contributed by atoms with Crippen LogP contribution < -0.4 is 0 Å². The fourth-order valence-electron chi connectivity index (χ4n) is 1.30. The summed E-state index contributed by atoms with van der Waals surface area (Å²) in [4.78, 5) is 0. The van der Waals surface area contributed by atoms with Gasteiger partial charge in [0.1, 0.15) is 0 Å². The molecule has 0 aromatic heterocycles. The van der Waals surface area contributed by atoms with Gasteiger partial charge in [-0.1, -0.05) is 23.7 Å². The highest BCUT2D eigenvalue weighted by Crippen LogP contribution is 2.25. The Hall–Kier alpha value is -0.570. The summed E-state index contributed by atoms with van der Waals surface area (Å²) < 4.78 is 0. The third-order valence-electron chi connectivity index (χ3n) is 1.93. The van der Waals surface area contributed by atoms with Crippen LogP contribution in [0.4, 0.5) is 0 Å². The minimum Gasteiger partial charge on any atom is -0.390 e. The Morgan fingerprint density at radius 2 is 2.07 bits per heavy atom. The van der Waals surface area contributed by atoms with E-state index in [4.69, 9.17) is 11.6 Å². The minimum absolute atomic E-state index is 0.299. The third-order valence-corrected chi connectivity index (χ3v) is 2.16. The van der Waals surface area contributed by atoms with Crippen molar-refractivity contribution in [3.05, 3.63) is 34.9 Å². The van der Waals surface area contributed by atoms with Gasteiger partial charge in [-0.2, -0.15) is 0 Å². The van der Waals surface area contributed by atoms with E-state index in [-0.39, 0.29) is 0 Å². The molecule has 0 aliphatic rings. The van der Waals surface area contributed by atoms with Gasteiger partial charge in [0, 0.05) is 11.4 Å². The predicted octanol–water partition coefficient (Wildman–Crippen LogP) is 2.53. The average molecular weight is 215 g/mol. The van der Waals surface area contributed by atoms with Gasteiger partial charge in [-0.05, 0) is 31.5 Å². The van der Waals surface area contributed by atoms with E-state index >= 15 is 0 Å². The molecule has 0 amide bonds. The summed E-state index contributed by atoms with van der Waals surface area (Å²) in [6.45, 7) is 3.33. The third kappa shape index (κ3) is 3.66. The van der Waals surface area contributed by atoms with Crippen LogP contribution in [0.2, 0.25) is 5.02 Å². The zero-order valence-electron chi connectivity index (χ0n) is 8.37. The van der Waals surface area contributed by atoms with Crippen molar-refractivity contribution in [2.24, 2.45) is 0 Å². The van der Waals surface area contributed by atoms with Crippen molar-refractivity contribution in [1.29, 1.82) is 0 Å². The summed E-state index contributed by atoms with van der Waals surface area (Å²) in [5.41, 5.74) is -0.138. The summed E-state index contributed by atoms with van der Waals surface area (Å²) in [6, 6.07) is 7.04. The first-order valence-electron chi connectivity index (χ1n) is 4.54. The molecule has 0 aliphatic heterocycles. The zero-order valence-corrected chi connectivity index (χ0v) is 9.12. The average Bonchev–Trinajstić information content (AvgIpc) is 2.01. The molecule has 0 heterocycles. The quantitative estimate of drug-likeness (QED) is 0.812. The first kappa shape index (κ1) is 11.5. The predicted molar refractivity (Wildman–Crippen MR) is 57.3 cm³/mol. The molecule has 14 heavy (non-hydrogen) atoms. The molecule has 1 rings (SSSR count). The number of hydrogen-bond donors (Lipinski definition) is 2. The highest BCUT2D eigenvalue weighted by molar-refractivity contribution is 6.30. The smallest absolute Gasteiger partial charge is 0.0817 e. The van der Waals surface area contributed by atoms with Gasteiger partial charge in [0.05, 0.1) is 11.7 Å². The van der Waals surface area contributed by atoms with Crippen molar-refractivity contribution >= 4 is 11.6 Å².